The summed E-state index contributed by atoms with van der Waals surface area (Å²) < 4.78 is 4.96. The van der Waals surface area contributed by atoms with Gasteiger partial charge in [-0.15, -0.1) is 0 Å². The Bertz CT molecular complexity index is 787. The molecule has 1 aromatic rings. The highest BCUT2D eigenvalue weighted by atomic mass is 16.6. The third-order valence-corrected chi connectivity index (χ3v) is 5.69. The number of carbonyl (C=O) groups is 1. The van der Waals surface area contributed by atoms with Gasteiger partial charge < -0.3 is 25.2 Å². The second-order valence-corrected chi connectivity index (χ2v) is 8.34. The number of nitrogens with one attached hydrogen (secondary N) is 1. The summed E-state index contributed by atoms with van der Waals surface area (Å²) in [5.74, 6) is 1.09. The van der Waals surface area contributed by atoms with Crippen LogP contribution in [-0.2, 0) is 17.8 Å². The number of anilines is 1. The van der Waals surface area contributed by atoms with Crippen molar-refractivity contribution in [2.45, 2.75) is 71.9 Å². The van der Waals surface area contributed by atoms with Crippen molar-refractivity contribution in [2.24, 2.45) is 5.92 Å². The topological polar surface area (TPSA) is 119 Å². The highest BCUT2D eigenvalue weighted by Gasteiger charge is 2.32. The predicted molar refractivity (Wildman–Crippen MR) is 119 cm³/mol. The van der Waals surface area contributed by atoms with Gasteiger partial charge in [-0.1, -0.05) is 27.2 Å². The zero-order valence-electron chi connectivity index (χ0n) is 19.1. The molecule has 0 aliphatic heterocycles. The van der Waals surface area contributed by atoms with Crippen molar-refractivity contribution in [3.8, 4) is 6.07 Å². The summed E-state index contributed by atoms with van der Waals surface area (Å²) in [4.78, 5) is 19.0. The van der Waals surface area contributed by atoms with Crippen molar-refractivity contribution < 1.29 is 19.7 Å². The summed E-state index contributed by atoms with van der Waals surface area (Å²) in [7, 11) is 0. The molecule has 1 aliphatic carbocycles. The molecule has 0 unspecified atom stereocenters. The number of pyridine rings is 1. The third kappa shape index (κ3) is 6.31. The van der Waals surface area contributed by atoms with E-state index in [1.54, 1.807) is 0 Å². The van der Waals surface area contributed by atoms with E-state index < -0.39 is 6.09 Å². The van der Waals surface area contributed by atoms with Gasteiger partial charge in [-0.25, -0.2) is 9.78 Å². The van der Waals surface area contributed by atoms with Crippen LogP contribution in [0.25, 0.3) is 0 Å². The number of amides is 1. The molecule has 1 aromatic heterocycles. The van der Waals surface area contributed by atoms with Crippen LogP contribution in [-0.4, -0.2) is 53.6 Å². The maximum Gasteiger partial charge on any atom is 0.407 e. The van der Waals surface area contributed by atoms with Crippen molar-refractivity contribution in [3.63, 3.8) is 0 Å². The number of hydrogen-bond donors (Lipinski definition) is 3. The fraction of sp³-hybridized carbons (Fsp3) is 0.696. The van der Waals surface area contributed by atoms with Crippen LogP contribution in [0.1, 0.15) is 75.3 Å². The smallest absolute Gasteiger partial charge is 0.407 e. The number of carbonyl (C=O) groups excluding carboxylic acids is 1. The van der Waals surface area contributed by atoms with E-state index in [0.29, 0.717) is 36.8 Å². The highest BCUT2D eigenvalue weighted by Crippen LogP contribution is 2.43. The zero-order chi connectivity index (χ0) is 23.0. The molecule has 2 rings (SSSR count). The Kier molecular flexibility index (Phi) is 9.53. The van der Waals surface area contributed by atoms with Crippen LogP contribution in [0.15, 0.2) is 0 Å². The number of likely N-dealkylation sites (N-methyl/N-ethyl adjacent to an activating group) is 1. The predicted octanol–water partition coefficient (Wildman–Crippen LogP) is 2.84. The molecule has 0 radical (unpaired) electrons. The Morgan fingerprint density at radius 2 is 2.03 bits per heavy atom. The molecule has 1 atom stereocenters. The molecule has 31 heavy (non-hydrogen) atoms. The van der Waals surface area contributed by atoms with Gasteiger partial charge in [-0.05, 0) is 37.7 Å². The van der Waals surface area contributed by atoms with Crippen molar-refractivity contribution in [3.05, 3.63) is 22.4 Å². The van der Waals surface area contributed by atoms with E-state index in [9.17, 15) is 15.2 Å². The Morgan fingerprint density at radius 1 is 1.32 bits per heavy atom. The van der Waals surface area contributed by atoms with Crippen LogP contribution in [0.2, 0.25) is 0 Å². The maximum absolute atomic E-state index is 12.1. The van der Waals surface area contributed by atoms with E-state index in [-0.39, 0.29) is 31.8 Å². The van der Waals surface area contributed by atoms with Crippen LogP contribution in [0, 0.1) is 17.2 Å². The van der Waals surface area contributed by atoms with Crippen molar-refractivity contribution >= 4 is 11.9 Å². The summed E-state index contributed by atoms with van der Waals surface area (Å²) in [6.07, 6.45) is 3.11. The molecule has 1 amide bonds. The van der Waals surface area contributed by atoms with Crippen LogP contribution < -0.4 is 10.2 Å². The molecule has 0 bridgehead atoms. The molecule has 1 fully saturated rings. The molecule has 8 nitrogen and oxygen atoms in total. The minimum atomic E-state index is -0.571. The van der Waals surface area contributed by atoms with Crippen molar-refractivity contribution in [2.75, 3.05) is 31.2 Å². The molecule has 0 aromatic carbocycles. The van der Waals surface area contributed by atoms with E-state index in [1.807, 2.05) is 25.7 Å². The van der Waals surface area contributed by atoms with Gasteiger partial charge >= 0.3 is 6.09 Å². The molecule has 1 heterocycles. The molecule has 0 saturated heterocycles. The fourth-order valence-electron chi connectivity index (χ4n) is 3.78. The third-order valence-electron chi connectivity index (χ3n) is 5.69. The van der Waals surface area contributed by atoms with Gasteiger partial charge in [0.05, 0.1) is 30.5 Å². The van der Waals surface area contributed by atoms with Crippen molar-refractivity contribution in [1.29, 1.82) is 5.26 Å². The number of hydrogen-bond acceptors (Lipinski definition) is 7. The van der Waals surface area contributed by atoms with E-state index in [0.717, 1.165) is 36.1 Å². The molecule has 3 N–H and O–H groups in total. The summed E-state index contributed by atoms with van der Waals surface area (Å²) >= 11 is 0. The first-order valence-corrected chi connectivity index (χ1v) is 11.3. The number of ether oxygens (including phenoxy) is 1. The average molecular weight is 433 g/mol. The molecule has 1 aliphatic rings. The Labute approximate surface area is 185 Å². The quantitative estimate of drug-likeness (QED) is 0.465. The van der Waals surface area contributed by atoms with E-state index in [4.69, 9.17) is 14.8 Å². The minimum absolute atomic E-state index is 0.0535. The lowest BCUT2D eigenvalue weighted by atomic mass is 9.95. The number of rotatable bonds is 12. The van der Waals surface area contributed by atoms with Crippen LogP contribution >= 0.6 is 0 Å². The molecular formula is C23H36N4O4. The number of nitriles is 1. The summed E-state index contributed by atoms with van der Waals surface area (Å²) in [6, 6.07) is 2.12. The molecular weight excluding hydrogens is 396 g/mol. The van der Waals surface area contributed by atoms with Gasteiger partial charge in [0.2, 0.25) is 0 Å². The molecule has 172 valence electrons. The van der Waals surface area contributed by atoms with Gasteiger partial charge in [0.15, 0.2) is 0 Å². The fourth-order valence-corrected chi connectivity index (χ4v) is 3.78. The number of aliphatic hydroxyl groups is 2. The van der Waals surface area contributed by atoms with Gasteiger partial charge in [-0.2, -0.15) is 5.26 Å². The van der Waals surface area contributed by atoms with E-state index in [1.165, 1.54) is 0 Å². The summed E-state index contributed by atoms with van der Waals surface area (Å²) in [5, 5.41) is 31.8. The first-order valence-electron chi connectivity index (χ1n) is 11.3. The lowest BCUT2D eigenvalue weighted by Gasteiger charge is -2.32. The Morgan fingerprint density at radius 3 is 2.52 bits per heavy atom. The number of alkyl carbamates (subject to hydrolysis) is 1. The number of aliphatic hydroxyl groups excluding tert-OH is 2. The van der Waals surface area contributed by atoms with Gasteiger partial charge in [0.1, 0.15) is 18.5 Å². The SMILES string of the molecule is CCCc1c(C#N)c(N(CC)C[C@H](NC(=O)OCCO)C(C)C)nc(C2CC2)c1CO. The van der Waals surface area contributed by atoms with Gasteiger partial charge in [0.25, 0.3) is 0 Å². The maximum atomic E-state index is 12.1. The standard InChI is InChI=1S/C23H36N4O4/c1-5-7-17-18(12-24)22(26-21(16-8-9-16)19(17)14-29)27(6-2)13-20(15(3)4)25-23(30)31-11-10-28/h15-16,20,28-29H,5-11,13-14H2,1-4H3,(H,25,30)/t20-/m0/s1. The molecule has 0 spiro atoms. The molecule has 1 saturated carbocycles. The van der Waals surface area contributed by atoms with Gasteiger partial charge in [-0.3, -0.25) is 0 Å². The second kappa shape index (κ2) is 11.9. The molecule has 8 heteroatoms. The van der Waals surface area contributed by atoms with Crippen LogP contribution in [0.3, 0.4) is 0 Å². The van der Waals surface area contributed by atoms with Gasteiger partial charge in [0, 0.05) is 24.6 Å². The monoisotopic (exact) mass is 432 g/mol. The Balaban J connectivity index is 2.42. The Hall–Kier alpha value is -2.37. The zero-order valence-corrected chi connectivity index (χ0v) is 19.1. The second-order valence-electron chi connectivity index (χ2n) is 8.34. The van der Waals surface area contributed by atoms with Crippen molar-refractivity contribution in [1.82, 2.24) is 10.3 Å². The minimum Gasteiger partial charge on any atom is -0.447 e. The average Bonchev–Trinajstić information content (AvgIpc) is 3.59. The number of aromatic nitrogens is 1. The lowest BCUT2D eigenvalue weighted by molar-refractivity contribution is 0.114. The first-order chi connectivity index (χ1) is 14.9. The van der Waals surface area contributed by atoms with E-state index >= 15 is 0 Å². The summed E-state index contributed by atoms with van der Waals surface area (Å²) in [5.41, 5.74) is 3.14. The number of nitrogens with zero attached hydrogens (tertiary/aromatic N) is 3. The van der Waals surface area contributed by atoms with Crippen LogP contribution in [0.5, 0.6) is 0 Å². The first kappa shape index (κ1) is 24.9. The summed E-state index contributed by atoms with van der Waals surface area (Å²) in [6.45, 7) is 8.79. The van der Waals surface area contributed by atoms with Crippen LogP contribution in [0.4, 0.5) is 10.6 Å². The normalized spacial score (nSPS) is 14.3. The lowest BCUT2D eigenvalue weighted by Crippen LogP contribution is -2.47. The largest absolute Gasteiger partial charge is 0.447 e. The highest BCUT2D eigenvalue weighted by molar-refractivity contribution is 5.68. The van der Waals surface area contributed by atoms with E-state index in [2.05, 4.69) is 18.3 Å².